The summed E-state index contributed by atoms with van der Waals surface area (Å²) in [4.78, 5) is 15.4. The first-order valence-electron chi connectivity index (χ1n) is 6.75. The minimum absolute atomic E-state index is 0.0439. The monoisotopic (exact) mass is 386 g/mol. The molecule has 4 nitrogen and oxygen atoms in total. The number of thioether (sulfide) groups is 2. The second kappa shape index (κ2) is 6.62. The lowest BCUT2D eigenvalue weighted by molar-refractivity contribution is -0.133. The van der Waals surface area contributed by atoms with Crippen LogP contribution in [-0.4, -0.2) is 37.4 Å². The maximum Gasteiger partial charge on any atom is 0.313 e. The molecule has 2 heterocycles. The van der Waals surface area contributed by atoms with Crippen LogP contribution in [0.15, 0.2) is 27.8 Å². The van der Waals surface area contributed by atoms with Crippen molar-refractivity contribution in [3.05, 3.63) is 22.7 Å². The van der Waals surface area contributed by atoms with Gasteiger partial charge in [-0.15, -0.1) is 0 Å². The highest BCUT2D eigenvalue weighted by molar-refractivity contribution is 9.10. The average Bonchev–Trinajstić information content (AvgIpc) is 3.06. The lowest BCUT2D eigenvalue weighted by atomic mass is 10.2. The molecule has 21 heavy (non-hydrogen) atoms. The number of nitrogens with zero attached hydrogens (tertiary/aromatic N) is 2. The zero-order valence-electron chi connectivity index (χ0n) is 11.3. The van der Waals surface area contributed by atoms with E-state index in [-0.39, 0.29) is 5.75 Å². The van der Waals surface area contributed by atoms with Crippen molar-refractivity contribution in [1.82, 2.24) is 9.55 Å². The number of halogens is 1. The number of aromatic nitrogens is 2. The normalized spacial score (nSPS) is 18.4. The predicted octanol–water partition coefficient (Wildman–Crippen LogP) is 3.87. The quantitative estimate of drug-likeness (QED) is 0.790. The maximum atomic E-state index is 10.8. The van der Waals surface area contributed by atoms with E-state index in [0.29, 0.717) is 5.25 Å². The fraction of sp³-hybridized carbons (Fsp3) is 0.429. The molecule has 0 spiro atoms. The zero-order chi connectivity index (χ0) is 14.8. The summed E-state index contributed by atoms with van der Waals surface area (Å²) in [6.07, 6.45) is 2.49. The second-order valence-electron chi connectivity index (χ2n) is 4.96. The lowest BCUT2D eigenvalue weighted by Gasteiger charge is -2.13. The topological polar surface area (TPSA) is 55.1 Å². The van der Waals surface area contributed by atoms with Gasteiger partial charge in [-0.25, -0.2) is 4.98 Å². The van der Waals surface area contributed by atoms with Gasteiger partial charge < -0.3 is 9.67 Å². The van der Waals surface area contributed by atoms with Gasteiger partial charge in [0.2, 0.25) is 0 Å². The molecule has 3 rings (SSSR count). The molecule has 1 aliphatic heterocycles. The first-order valence-corrected chi connectivity index (χ1v) is 9.58. The summed E-state index contributed by atoms with van der Waals surface area (Å²) < 4.78 is 3.20. The molecular formula is C14H15BrN2O2S2. The van der Waals surface area contributed by atoms with Gasteiger partial charge in [0.1, 0.15) is 0 Å². The third-order valence-electron chi connectivity index (χ3n) is 3.41. The van der Waals surface area contributed by atoms with E-state index in [4.69, 9.17) is 5.11 Å². The van der Waals surface area contributed by atoms with Crippen molar-refractivity contribution in [3.8, 4) is 0 Å². The van der Waals surface area contributed by atoms with Gasteiger partial charge in [-0.1, -0.05) is 27.7 Å². The Bertz CT molecular complexity index is 668. The van der Waals surface area contributed by atoms with Crippen LogP contribution < -0.4 is 0 Å². The molecule has 0 amide bonds. The van der Waals surface area contributed by atoms with Gasteiger partial charge in [-0.05, 0) is 36.8 Å². The summed E-state index contributed by atoms with van der Waals surface area (Å²) in [5, 5.41) is 10.3. The summed E-state index contributed by atoms with van der Waals surface area (Å²) in [6, 6.07) is 6.00. The van der Waals surface area contributed by atoms with E-state index in [0.717, 1.165) is 27.2 Å². The minimum Gasteiger partial charge on any atom is -0.481 e. The highest BCUT2D eigenvalue weighted by Gasteiger charge is 2.20. The number of carboxylic acid groups (broad SMARTS) is 1. The van der Waals surface area contributed by atoms with Crippen molar-refractivity contribution < 1.29 is 9.90 Å². The summed E-state index contributed by atoms with van der Waals surface area (Å²) in [6.45, 7) is 0.902. The third-order valence-corrected chi connectivity index (χ3v) is 6.25. The summed E-state index contributed by atoms with van der Waals surface area (Å²) >= 11 is 6.80. The Morgan fingerprint density at radius 1 is 1.57 bits per heavy atom. The van der Waals surface area contributed by atoms with Crippen LogP contribution >= 0.6 is 39.5 Å². The van der Waals surface area contributed by atoms with Crippen LogP contribution in [0, 0.1) is 0 Å². The lowest BCUT2D eigenvalue weighted by Crippen LogP contribution is -2.11. The number of rotatable bonds is 5. The van der Waals surface area contributed by atoms with Crippen molar-refractivity contribution in [3.63, 3.8) is 0 Å². The van der Waals surface area contributed by atoms with Crippen molar-refractivity contribution in [2.45, 2.75) is 29.8 Å². The van der Waals surface area contributed by atoms with Crippen LogP contribution in [0.1, 0.15) is 12.8 Å². The third kappa shape index (κ3) is 3.57. The molecule has 1 aromatic carbocycles. The number of imidazole rings is 1. The molecule has 1 aliphatic rings. The number of fused-ring (bicyclic) bond motifs is 1. The highest BCUT2D eigenvalue weighted by atomic mass is 79.9. The van der Waals surface area contributed by atoms with Crippen molar-refractivity contribution in [2.24, 2.45) is 0 Å². The van der Waals surface area contributed by atoms with Crippen molar-refractivity contribution in [1.29, 1.82) is 0 Å². The molecule has 0 aliphatic carbocycles. The summed E-state index contributed by atoms with van der Waals surface area (Å²) in [5.74, 6) is 0.455. The van der Waals surface area contributed by atoms with Crippen LogP contribution in [0.4, 0.5) is 0 Å². The van der Waals surface area contributed by atoms with E-state index >= 15 is 0 Å². The van der Waals surface area contributed by atoms with Crippen LogP contribution in [0.25, 0.3) is 11.0 Å². The van der Waals surface area contributed by atoms with Crippen molar-refractivity contribution in [2.75, 3.05) is 11.5 Å². The van der Waals surface area contributed by atoms with E-state index in [1.165, 1.54) is 30.4 Å². The Balaban J connectivity index is 1.96. The number of hydrogen-bond acceptors (Lipinski definition) is 4. The van der Waals surface area contributed by atoms with Crippen LogP contribution in [0.3, 0.4) is 0 Å². The van der Waals surface area contributed by atoms with Crippen LogP contribution in [0.2, 0.25) is 0 Å². The highest BCUT2D eigenvalue weighted by Crippen LogP contribution is 2.32. The molecule has 7 heteroatoms. The number of aliphatic carboxylic acids is 1. The number of benzene rings is 1. The first kappa shape index (κ1) is 15.2. The van der Waals surface area contributed by atoms with Gasteiger partial charge in [0.15, 0.2) is 5.16 Å². The summed E-state index contributed by atoms with van der Waals surface area (Å²) in [7, 11) is 0. The van der Waals surface area contributed by atoms with E-state index in [2.05, 4.69) is 31.5 Å². The molecule has 2 aromatic rings. The molecule has 0 bridgehead atoms. The Hall–Kier alpha value is -0.660. The molecule has 1 fully saturated rings. The number of carbonyl (C=O) groups is 1. The Morgan fingerprint density at radius 3 is 3.14 bits per heavy atom. The van der Waals surface area contributed by atoms with Gasteiger partial charge in [0.25, 0.3) is 0 Å². The molecule has 1 N–H and O–H groups in total. The molecule has 1 aromatic heterocycles. The Kier molecular flexibility index (Phi) is 4.81. The van der Waals surface area contributed by atoms with Crippen molar-refractivity contribution >= 4 is 56.5 Å². The standard InChI is InChI=1S/C14H15BrN2O2S2/c15-9-3-4-11-12(6-9)17(7-10-2-1-5-20-10)14(16-11)21-8-13(18)19/h3-4,6,10H,1-2,5,7-8H2,(H,18,19). The SMILES string of the molecule is O=C(O)CSc1nc2ccc(Br)cc2n1CC1CCCS1. The average molecular weight is 387 g/mol. The fourth-order valence-electron chi connectivity index (χ4n) is 2.48. The smallest absolute Gasteiger partial charge is 0.313 e. The fourth-order valence-corrected chi connectivity index (χ4v) is 4.83. The molecule has 1 atom stereocenters. The number of hydrogen-bond donors (Lipinski definition) is 1. The second-order valence-corrected chi connectivity index (χ2v) is 8.22. The predicted molar refractivity (Wildman–Crippen MR) is 91.3 cm³/mol. The molecule has 112 valence electrons. The van der Waals surface area contributed by atoms with Gasteiger partial charge in [-0.2, -0.15) is 11.8 Å². The van der Waals surface area contributed by atoms with Gasteiger partial charge in [0, 0.05) is 16.3 Å². The van der Waals surface area contributed by atoms with Crippen LogP contribution in [-0.2, 0) is 11.3 Å². The largest absolute Gasteiger partial charge is 0.481 e. The molecule has 0 radical (unpaired) electrons. The van der Waals surface area contributed by atoms with E-state index < -0.39 is 5.97 Å². The maximum absolute atomic E-state index is 10.8. The van der Waals surface area contributed by atoms with E-state index in [9.17, 15) is 4.79 Å². The number of carboxylic acids is 1. The molecule has 0 saturated carbocycles. The Labute approximate surface area is 139 Å². The van der Waals surface area contributed by atoms with E-state index in [1.807, 2.05) is 23.9 Å². The van der Waals surface area contributed by atoms with E-state index in [1.54, 1.807) is 0 Å². The summed E-state index contributed by atoms with van der Waals surface area (Å²) in [5.41, 5.74) is 2.00. The molecular weight excluding hydrogens is 372 g/mol. The minimum atomic E-state index is -0.810. The van der Waals surface area contributed by atoms with Gasteiger partial charge >= 0.3 is 5.97 Å². The molecule has 1 saturated heterocycles. The van der Waals surface area contributed by atoms with Gasteiger partial charge in [-0.3, -0.25) is 4.79 Å². The van der Waals surface area contributed by atoms with Gasteiger partial charge in [0.05, 0.1) is 16.8 Å². The van der Waals surface area contributed by atoms with Crippen LogP contribution in [0.5, 0.6) is 0 Å². The first-order chi connectivity index (χ1) is 10.1. The Morgan fingerprint density at radius 2 is 2.43 bits per heavy atom. The molecule has 1 unspecified atom stereocenters. The zero-order valence-corrected chi connectivity index (χ0v) is 14.5.